The van der Waals surface area contributed by atoms with E-state index in [1.54, 1.807) is 42.9 Å². The third kappa shape index (κ3) is 5.91. The second-order valence-electron chi connectivity index (χ2n) is 9.57. The molecule has 2 N–H and O–H groups in total. The minimum Gasteiger partial charge on any atom is -0.451 e. The zero-order chi connectivity index (χ0) is 26.6. The maximum Gasteiger partial charge on any atom is 0.326 e. The molecule has 0 fully saturated rings. The smallest absolute Gasteiger partial charge is 0.326 e. The van der Waals surface area contributed by atoms with Crippen LogP contribution in [0.3, 0.4) is 0 Å². The molecule has 9 nitrogen and oxygen atoms in total. The number of aromatic nitrogens is 2. The van der Waals surface area contributed by atoms with Crippen molar-refractivity contribution in [2.24, 2.45) is 7.05 Å². The fourth-order valence-corrected chi connectivity index (χ4v) is 3.61. The Balaban J connectivity index is 1.58. The number of esters is 1. The van der Waals surface area contributed by atoms with Crippen molar-refractivity contribution in [3.8, 4) is 5.69 Å². The Morgan fingerprint density at radius 3 is 2.19 bits per heavy atom. The molecule has 1 atom stereocenters. The van der Waals surface area contributed by atoms with Gasteiger partial charge in [-0.15, -0.1) is 0 Å². The summed E-state index contributed by atoms with van der Waals surface area (Å²) in [5.74, 6) is -1.85. The molecule has 0 radical (unpaired) electrons. The van der Waals surface area contributed by atoms with Gasteiger partial charge < -0.3 is 15.4 Å². The molecule has 1 heterocycles. The van der Waals surface area contributed by atoms with Crippen LogP contribution in [0, 0.1) is 6.92 Å². The van der Waals surface area contributed by atoms with Crippen molar-refractivity contribution in [1.29, 1.82) is 0 Å². The number of hydrogen-bond donors (Lipinski definition) is 2. The highest BCUT2D eigenvalue weighted by Crippen LogP contribution is 2.22. The van der Waals surface area contributed by atoms with Crippen LogP contribution in [0.2, 0.25) is 0 Å². The Morgan fingerprint density at radius 2 is 1.61 bits per heavy atom. The summed E-state index contributed by atoms with van der Waals surface area (Å²) in [6, 6.07) is 16.2. The molecule has 0 aliphatic rings. The first kappa shape index (κ1) is 26.5. The molecular weight excluding hydrogens is 460 g/mol. The largest absolute Gasteiger partial charge is 0.451 e. The Labute approximate surface area is 210 Å². The van der Waals surface area contributed by atoms with Crippen LogP contribution < -0.4 is 16.2 Å². The fraction of sp³-hybridized carbons (Fsp3) is 0.333. The van der Waals surface area contributed by atoms with Crippen LogP contribution in [0.25, 0.3) is 5.69 Å². The topological polar surface area (TPSA) is 111 Å². The van der Waals surface area contributed by atoms with E-state index in [1.807, 2.05) is 30.3 Å². The van der Waals surface area contributed by atoms with E-state index in [1.165, 1.54) is 11.6 Å². The van der Waals surface area contributed by atoms with Crippen LogP contribution in [-0.4, -0.2) is 39.8 Å². The Bertz CT molecular complexity index is 1320. The van der Waals surface area contributed by atoms with E-state index in [-0.39, 0.29) is 11.1 Å². The number of rotatable bonds is 7. The normalized spacial score (nSPS) is 12.1. The SMILES string of the molecule is Cc1c(NC(=O)[C@@H](C)OC(=O)CNC(=O)c2ccc(C(C)(C)C)cc2)c(=O)n(-c2ccccc2)n1C. The molecule has 2 aromatic carbocycles. The predicted octanol–water partition coefficient (Wildman–Crippen LogP) is 3.08. The second kappa shape index (κ2) is 10.6. The van der Waals surface area contributed by atoms with Crippen molar-refractivity contribution in [3.05, 3.63) is 81.8 Å². The van der Waals surface area contributed by atoms with Crippen molar-refractivity contribution in [3.63, 3.8) is 0 Å². The molecule has 9 heteroatoms. The summed E-state index contributed by atoms with van der Waals surface area (Å²) in [4.78, 5) is 50.2. The number of nitrogens with zero attached hydrogens (tertiary/aromatic N) is 2. The molecule has 36 heavy (non-hydrogen) atoms. The van der Waals surface area contributed by atoms with Crippen molar-refractivity contribution in [2.75, 3.05) is 11.9 Å². The van der Waals surface area contributed by atoms with Crippen LogP contribution in [0.4, 0.5) is 5.69 Å². The van der Waals surface area contributed by atoms with Crippen LogP contribution in [0.15, 0.2) is 59.4 Å². The van der Waals surface area contributed by atoms with E-state index < -0.39 is 36.0 Å². The molecule has 1 aromatic heterocycles. The Hall–Kier alpha value is -4.14. The predicted molar refractivity (Wildman–Crippen MR) is 137 cm³/mol. The first-order valence-corrected chi connectivity index (χ1v) is 11.6. The number of carbonyl (C=O) groups is 3. The van der Waals surface area contributed by atoms with Crippen molar-refractivity contribution in [1.82, 2.24) is 14.7 Å². The minimum absolute atomic E-state index is 0.0392. The number of para-hydroxylation sites is 1. The number of ether oxygens (including phenoxy) is 1. The lowest BCUT2D eigenvalue weighted by Crippen LogP contribution is -2.36. The quantitative estimate of drug-likeness (QED) is 0.493. The van der Waals surface area contributed by atoms with Gasteiger partial charge in [0.1, 0.15) is 12.2 Å². The van der Waals surface area contributed by atoms with Crippen LogP contribution in [0.5, 0.6) is 0 Å². The number of nitrogens with one attached hydrogen (secondary N) is 2. The van der Waals surface area contributed by atoms with Gasteiger partial charge in [0, 0.05) is 12.6 Å². The van der Waals surface area contributed by atoms with Gasteiger partial charge in [0.2, 0.25) is 0 Å². The van der Waals surface area contributed by atoms with E-state index in [2.05, 4.69) is 31.4 Å². The summed E-state index contributed by atoms with van der Waals surface area (Å²) in [6.07, 6.45) is -1.18. The highest BCUT2D eigenvalue weighted by atomic mass is 16.5. The standard InChI is InChI=1S/C27H32N4O5/c1-17-23(26(35)31(30(17)6)21-10-8-7-9-11-21)29-24(33)18(2)36-22(32)16-28-25(34)19-12-14-20(15-13-19)27(3,4)5/h7-15,18H,16H2,1-6H3,(H,28,34)(H,29,33)/t18-/m1/s1. The van der Waals surface area contributed by atoms with Gasteiger partial charge in [-0.05, 0) is 49.1 Å². The molecule has 0 saturated heterocycles. The first-order valence-electron chi connectivity index (χ1n) is 11.6. The molecule has 190 valence electrons. The van der Waals surface area contributed by atoms with Gasteiger partial charge in [0.25, 0.3) is 17.4 Å². The number of amides is 2. The summed E-state index contributed by atoms with van der Waals surface area (Å²) >= 11 is 0. The number of anilines is 1. The highest BCUT2D eigenvalue weighted by molar-refractivity contribution is 5.97. The van der Waals surface area contributed by atoms with Crippen LogP contribution >= 0.6 is 0 Å². The van der Waals surface area contributed by atoms with E-state index in [0.717, 1.165) is 5.56 Å². The fourth-order valence-electron chi connectivity index (χ4n) is 3.61. The lowest BCUT2D eigenvalue weighted by molar-refractivity contribution is -0.152. The average molecular weight is 493 g/mol. The lowest BCUT2D eigenvalue weighted by Gasteiger charge is -2.19. The molecule has 2 amide bonds. The maximum atomic E-state index is 13.0. The van der Waals surface area contributed by atoms with Crippen LogP contribution in [0.1, 0.15) is 49.3 Å². The molecule has 0 saturated carbocycles. The molecule has 3 aromatic rings. The molecule has 3 rings (SSSR count). The van der Waals surface area contributed by atoms with E-state index in [4.69, 9.17) is 4.74 Å². The van der Waals surface area contributed by atoms with Gasteiger partial charge in [-0.1, -0.05) is 51.1 Å². The minimum atomic E-state index is -1.18. The summed E-state index contributed by atoms with van der Waals surface area (Å²) in [7, 11) is 1.71. The van der Waals surface area contributed by atoms with Gasteiger partial charge in [-0.25, -0.2) is 4.68 Å². The van der Waals surface area contributed by atoms with Gasteiger partial charge in [0.15, 0.2) is 6.10 Å². The van der Waals surface area contributed by atoms with E-state index in [0.29, 0.717) is 16.9 Å². The summed E-state index contributed by atoms with van der Waals surface area (Å²) in [5, 5.41) is 5.06. The molecule has 0 aliphatic heterocycles. The van der Waals surface area contributed by atoms with Crippen molar-refractivity contribution >= 4 is 23.5 Å². The Kier molecular flexibility index (Phi) is 7.82. The summed E-state index contributed by atoms with van der Waals surface area (Å²) < 4.78 is 8.22. The van der Waals surface area contributed by atoms with Gasteiger partial charge in [-0.2, -0.15) is 0 Å². The zero-order valence-electron chi connectivity index (χ0n) is 21.4. The zero-order valence-corrected chi connectivity index (χ0v) is 21.4. The molecule has 0 bridgehead atoms. The van der Waals surface area contributed by atoms with Gasteiger partial charge in [0.05, 0.1) is 11.4 Å². The number of carbonyl (C=O) groups excluding carboxylic acids is 3. The monoisotopic (exact) mass is 492 g/mol. The molecular formula is C27H32N4O5. The Morgan fingerprint density at radius 1 is 1.00 bits per heavy atom. The lowest BCUT2D eigenvalue weighted by atomic mass is 9.87. The third-order valence-corrected chi connectivity index (χ3v) is 5.89. The summed E-state index contributed by atoms with van der Waals surface area (Å²) in [5.41, 5.74) is 2.34. The second-order valence-corrected chi connectivity index (χ2v) is 9.57. The molecule has 0 unspecified atom stereocenters. The number of hydrogen-bond acceptors (Lipinski definition) is 5. The summed E-state index contributed by atoms with van der Waals surface area (Å²) in [6.45, 7) is 8.93. The maximum absolute atomic E-state index is 13.0. The van der Waals surface area contributed by atoms with Gasteiger partial charge >= 0.3 is 5.97 Å². The molecule has 0 spiro atoms. The van der Waals surface area contributed by atoms with E-state index >= 15 is 0 Å². The van der Waals surface area contributed by atoms with Gasteiger partial charge in [-0.3, -0.25) is 23.9 Å². The number of benzene rings is 2. The van der Waals surface area contributed by atoms with E-state index in [9.17, 15) is 19.2 Å². The van der Waals surface area contributed by atoms with Crippen molar-refractivity contribution < 1.29 is 19.1 Å². The molecule has 0 aliphatic carbocycles. The van der Waals surface area contributed by atoms with Crippen molar-refractivity contribution in [2.45, 2.75) is 46.1 Å². The third-order valence-electron chi connectivity index (χ3n) is 5.89. The highest BCUT2D eigenvalue weighted by Gasteiger charge is 2.23. The first-order chi connectivity index (χ1) is 16.9. The van der Waals surface area contributed by atoms with Crippen LogP contribution in [-0.2, 0) is 26.8 Å². The average Bonchev–Trinajstić information content (AvgIpc) is 3.05.